The number of nitrogens with zero attached hydrogens (tertiary/aromatic N) is 1. The average molecular weight is 259 g/mol. The van der Waals surface area contributed by atoms with E-state index < -0.39 is 0 Å². The third-order valence-corrected chi connectivity index (χ3v) is 2.74. The van der Waals surface area contributed by atoms with E-state index in [2.05, 4.69) is 10.3 Å². The summed E-state index contributed by atoms with van der Waals surface area (Å²) in [5.74, 6) is -0.157. The zero-order valence-corrected chi connectivity index (χ0v) is 10.5. The number of hydrogen-bond donors (Lipinski definition) is 2. The second kappa shape index (κ2) is 5.55. The fourth-order valence-electron chi connectivity index (χ4n) is 1.68. The first kappa shape index (κ1) is 12.4. The van der Waals surface area contributed by atoms with Crippen LogP contribution in [-0.2, 0) is 0 Å². The summed E-state index contributed by atoms with van der Waals surface area (Å²) in [6.07, 6.45) is 2.17. The Labute approximate surface area is 110 Å². The monoisotopic (exact) mass is 259 g/mol. The molecule has 18 heavy (non-hydrogen) atoms. The summed E-state index contributed by atoms with van der Waals surface area (Å²) in [7, 11) is 0. The number of fused-ring (bicyclic) bond motifs is 1. The number of benzene rings is 1. The molecule has 0 aliphatic rings. The Morgan fingerprint density at radius 3 is 2.89 bits per heavy atom. The van der Waals surface area contributed by atoms with Gasteiger partial charge in [-0.05, 0) is 12.1 Å². The molecule has 1 amide bonds. The van der Waals surface area contributed by atoms with E-state index >= 15 is 0 Å². The third kappa shape index (κ3) is 2.81. The number of hydrogen-bond acceptors (Lipinski definition) is 3. The van der Waals surface area contributed by atoms with Crippen LogP contribution in [-0.4, -0.2) is 22.4 Å². The Kier molecular flexibility index (Phi) is 3.84. The van der Waals surface area contributed by atoms with Gasteiger partial charge in [-0.3, -0.25) is 9.78 Å². The van der Waals surface area contributed by atoms with Crippen LogP contribution in [0.4, 0.5) is 0 Å². The molecule has 92 valence electrons. The molecular weight excluding hydrogens is 246 g/mol. The molecule has 1 aromatic heterocycles. The van der Waals surface area contributed by atoms with E-state index in [1.165, 1.54) is 0 Å². The molecule has 0 fully saturated rings. The van der Waals surface area contributed by atoms with Crippen molar-refractivity contribution in [2.45, 2.75) is 6.42 Å². The molecule has 3 N–H and O–H groups in total. The van der Waals surface area contributed by atoms with Crippen molar-refractivity contribution in [3.8, 4) is 0 Å². The van der Waals surface area contributed by atoms with Crippen LogP contribution in [0.2, 0.25) is 0 Å². The summed E-state index contributed by atoms with van der Waals surface area (Å²) in [5.41, 5.74) is 6.64. The van der Waals surface area contributed by atoms with E-state index in [1.54, 1.807) is 12.3 Å². The fraction of sp³-hybridized carbons (Fsp3) is 0.154. The molecule has 0 unspecified atom stereocenters. The summed E-state index contributed by atoms with van der Waals surface area (Å²) in [6, 6.07) is 9.29. The Hall–Kier alpha value is -2.01. The van der Waals surface area contributed by atoms with Gasteiger partial charge in [0.1, 0.15) is 0 Å². The Morgan fingerprint density at radius 1 is 1.33 bits per heavy atom. The van der Waals surface area contributed by atoms with Crippen LogP contribution < -0.4 is 11.1 Å². The summed E-state index contributed by atoms with van der Waals surface area (Å²) < 4.78 is 0. The average Bonchev–Trinajstić information content (AvgIpc) is 2.37. The molecular formula is C13H13N3OS. The maximum atomic E-state index is 12.0. The van der Waals surface area contributed by atoms with Gasteiger partial charge in [-0.2, -0.15) is 0 Å². The second-order valence-corrected chi connectivity index (χ2v) is 4.38. The quantitative estimate of drug-likeness (QED) is 0.819. The highest BCUT2D eigenvalue weighted by Crippen LogP contribution is 2.15. The van der Waals surface area contributed by atoms with Crippen LogP contribution in [0.3, 0.4) is 0 Å². The molecule has 1 heterocycles. The molecule has 0 saturated heterocycles. The van der Waals surface area contributed by atoms with Crippen molar-refractivity contribution >= 4 is 34.0 Å². The molecule has 0 aliphatic carbocycles. The molecule has 2 rings (SSSR count). The molecule has 2 aromatic rings. The first-order valence-electron chi connectivity index (χ1n) is 5.59. The summed E-state index contributed by atoms with van der Waals surface area (Å²) in [6.45, 7) is 0.442. The SMILES string of the molecule is NC(=S)CCNC(=O)c1cccc2cccnc12. The predicted molar refractivity (Wildman–Crippen MR) is 75.5 cm³/mol. The number of para-hydroxylation sites is 1. The lowest BCUT2D eigenvalue weighted by Gasteiger charge is -2.06. The van der Waals surface area contributed by atoms with Crippen molar-refractivity contribution in [3.63, 3.8) is 0 Å². The lowest BCUT2D eigenvalue weighted by Crippen LogP contribution is -2.27. The highest BCUT2D eigenvalue weighted by atomic mass is 32.1. The van der Waals surface area contributed by atoms with Gasteiger partial charge in [-0.1, -0.05) is 30.4 Å². The van der Waals surface area contributed by atoms with Crippen LogP contribution in [0, 0.1) is 0 Å². The van der Waals surface area contributed by atoms with E-state index in [9.17, 15) is 4.79 Å². The zero-order valence-electron chi connectivity index (χ0n) is 9.72. The van der Waals surface area contributed by atoms with Gasteiger partial charge in [0, 0.05) is 24.5 Å². The number of thiocarbonyl (C=S) groups is 1. The topological polar surface area (TPSA) is 68.0 Å². The standard InChI is InChI=1S/C13H13N3OS/c14-11(18)6-8-16-13(17)10-5-1-3-9-4-2-7-15-12(9)10/h1-5,7H,6,8H2,(H2,14,18)(H,16,17). The van der Waals surface area contributed by atoms with Gasteiger partial charge in [0.25, 0.3) is 5.91 Å². The van der Waals surface area contributed by atoms with Gasteiger partial charge in [0.2, 0.25) is 0 Å². The highest BCUT2D eigenvalue weighted by molar-refractivity contribution is 7.80. The maximum Gasteiger partial charge on any atom is 0.253 e. The predicted octanol–water partition coefficient (Wildman–Crippen LogP) is 1.64. The van der Waals surface area contributed by atoms with Crippen LogP contribution in [0.25, 0.3) is 10.9 Å². The van der Waals surface area contributed by atoms with Gasteiger partial charge >= 0.3 is 0 Å². The summed E-state index contributed by atoms with van der Waals surface area (Å²) in [4.78, 5) is 16.6. The van der Waals surface area contributed by atoms with E-state index in [-0.39, 0.29) is 5.91 Å². The Morgan fingerprint density at radius 2 is 2.11 bits per heavy atom. The van der Waals surface area contributed by atoms with E-state index in [4.69, 9.17) is 18.0 Å². The normalized spacial score (nSPS) is 10.2. The van der Waals surface area contributed by atoms with Gasteiger partial charge < -0.3 is 11.1 Å². The van der Waals surface area contributed by atoms with E-state index in [1.807, 2.05) is 24.3 Å². The van der Waals surface area contributed by atoms with Crippen LogP contribution in [0.15, 0.2) is 36.5 Å². The van der Waals surface area contributed by atoms with Crippen molar-refractivity contribution in [3.05, 3.63) is 42.1 Å². The molecule has 5 heteroatoms. The summed E-state index contributed by atoms with van der Waals surface area (Å²) in [5, 5.41) is 3.72. The molecule has 0 radical (unpaired) electrons. The summed E-state index contributed by atoms with van der Waals surface area (Å²) >= 11 is 4.76. The molecule has 1 aromatic carbocycles. The minimum absolute atomic E-state index is 0.157. The van der Waals surface area contributed by atoms with Gasteiger partial charge in [0.15, 0.2) is 0 Å². The first-order valence-corrected chi connectivity index (χ1v) is 5.99. The number of amides is 1. The Balaban J connectivity index is 2.20. The largest absolute Gasteiger partial charge is 0.393 e. The van der Waals surface area contributed by atoms with E-state index in [0.29, 0.717) is 29.0 Å². The smallest absolute Gasteiger partial charge is 0.253 e. The van der Waals surface area contributed by atoms with E-state index in [0.717, 1.165) is 5.39 Å². The molecule has 0 aliphatic heterocycles. The highest BCUT2D eigenvalue weighted by Gasteiger charge is 2.09. The van der Waals surface area contributed by atoms with Crippen LogP contribution >= 0.6 is 12.2 Å². The van der Waals surface area contributed by atoms with Crippen molar-refractivity contribution in [2.24, 2.45) is 5.73 Å². The number of rotatable bonds is 4. The third-order valence-electron chi connectivity index (χ3n) is 2.53. The van der Waals surface area contributed by atoms with Crippen molar-refractivity contribution in [2.75, 3.05) is 6.54 Å². The fourth-order valence-corrected chi connectivity index (χ4v) is 1.78. The molecule has 0 spiro atoms. The molecule has 0 atom stereocenters. The maximum absolute atomic E-state index is 12.0. The zero-order chi connectivity index (χ0) is 13.0. The second-order valence-electron chi connectivity index (χ2n) is 3.85. The number of carbonyl (C=O) groups is 1. The van der Waals surface area contributed by atoms with Crippen molar-refractivity contribution in [1.82, 2.24) is 10.3 Å². The Bertz CT molecular complexity index is 592. The van der Waals surface area contributed by atoms with Gasteiger partial charge in [0.05, 0.1) is 16.1 Å². The van der Waals surface area contributed by atoms with Crippen molar-refractivity contribution < 1.29 is 4.79 Å². The number of aromatic nitrogens is 1. The molecule has 0 bridgehead atoms. The lowest BCUT2D eigenvalue weighted by molar-refractivity contribution is 0.0956. The van der Waals surface area contributed by atoms with Crippen LogP contribution in [0.1, 0.15) is 16.8 Å². The van der Waals surface area contributed by atoms with Gasteiger partial charge in [-0.25, -0.2) is 0 Å². The van der Waals surface area contributed by atoms with Gasteiger partial charge in [-0.15, -0.1) is 0 Å². The number of carbonyl (C=O) groups excluding carboxylic acids is 1. The molecule has 0 saturated carbocycles. The minimum atomic E-state index is -0.157. The van der Waals surface area contributed by atoms with Crippen molar-refractivity contribution in [1.29, 1.82) is 0 Å². The lowest BCUT2D eigenvalue weighted by atomic mass is 10.1. The first-order chi connectivity index (χ1) is 8.68. The number of pyridine rings is 1. The number of nitrogens with two attached hydrogens (primary N) is 1. The molecule has 4 nitrogen and oxygen atoms in total. The van der Waals surface area contributed by atoms with Crippen LogP contribution in [0.5, 0.6) is 0 Å². The number of nitrogens with one attached hydrogen (secondary N) is 1. The minimum Gasteiger partial charge on any atom is -0.393 e.